The van der Waals surface area contributed by atoms with E-state index in [1.54, 1.807) is 34.5 Å². The number of nitrogens with one attached hydrogen (secondary N) is 8. The van der Waals surface area contributed by atoms with Crippen LogP contribution in [0.25, 0.3) is 65.3 Å². The van der Waals surface area contributed by atoms with Gasteiger partial charge in [-0.25, -0.2) is 9.59 Å². The summed E-state index contributed by atoms with van der Waals surface area (Å²) >= 11 is 11.0. The molecule has 0 aromatic heterocycles. The van der Waals surface area contributed by atoms with Gasteiger partial charge in [0.1, 0.15) is 59.2 Å². The van der Waals surface area contributed by atoms with Gasteiger partial charge in [0, 0.05) is 85.6 Å². The monoisotopic (exact) mass is 1510 g/mol. The lowest BCUT2D eigenvalue weighted by Gasteiger charge is -2.26. The number of rotatable bonds is 16. The zero-order chi connectivity index (χ0) is 77.6. The van der Waals surface area contributed by atoms with Crippen LogP contribution in [0.2, 0.25) is 0 Å². The van der Waals surface area contributed by atoms with Crippen molar-refractivity contribution in [2.45, 2.75) is 127 Å². The van der Waals surface area contributed by atoms with E-state index in [0.717, 1.165) is 76.5 Å². The van der Waals surface area contributed by atoms with E-state index in [0.29, 0.717) is 79.1 Å². The molecule has 2 heterocycles. The Balaban J connectivity index is 0.000000249. The van der Waals surface area contributed by atoms with Crippen molar-refractivity contribution in [3.8, 4) is 45.3 Å². The van der Waals surface area contributed by atoms with Crippen molar-refractivity contribution < 1.29 is 66.8 Å². The quantitative estimate of drug-likeness (QED) is 0.0108. The molecule has 26 nitrogen and oxygen atoms in total. The van der Waals surface area contributed by atoms with Crippen molar-refractivity contribution >= 4 is 126 Å². The predicted molar refractivity (Wildman–Crippen MR) is 419 cm³/mol. The molecule has 2 aliphatic heterocycles. The van der Waals surface area contributed by atoms with Crippen LogP contribution in [-0.4, -0.2) is 151 Å². The smallest absolute Gasteiger partial charge is 0.328 e. The number of methoxy groups -OCH3 is 6. The lowest BCUT2D eigenvalue weighted by Crippen LogP contribution is -2.56. The number of allylic oxidation sites excluding steroid dienone is 1. The molecule has 0 radical (unpaired) electrons. The Morgan fingerprint density at radius 3 is 1.22 bits per heavy atom. The fourth-order valence-corrected chi connectivity index (χ4v) is 14.1. The first-order valence-electron chi connectivity index (χ1n) is 35.4. The lowest BCUT2D eigenvalue weighted by atomic mass is 9.86. The number of ether oxygens (including phenoxy) is 6. The Bertz CT molecular complexity index is 4730. The van der Waals surface area contributed by atoms with Gasteiger partial charge in [0.15, 0.2) is 0 Å². The number of nitrogens with two attached hydrogens (primary N) is 2. The van der Waals surface area contributed by atoms with Crippen molar-refractivity contribution in [3.05, 3.63) is 156 Å². The van der Waals surface area contributed by atoms with Crippen LogP contribution in [-0.2, 0) is 73.5 Å². The molecule has 12 N–H and O–H groups in total. The highest BCUT2D eigenvalue weighted by Crippen LogP contribution is 2.51. The third kappa shape index (κ3) is 19.8. The Morgan fingerprint density at radius 1 is 0.472 bits per heavy atom. The Hall–Kier alpha value is -11.4. The second-order valence-electron chi connectivity index (χ2n) is 26.0. The number of amides is 6. The van der Waals surface area contributed by atoms with Gasteiger partial charge in [-0.2, -0.15) is 0 Å². The van der Waals surface area contributed by atoms with Crippen LogP contribution in [0, 0.1) is 0 Å². The number of carbonyl (C=O) groups excluding carboxylic acids is 8. The van der Waals surface area contributed by atoms with Crippen LogP contribution in [0.3, 0.4) is 0 Å². The summed E-state index contributed by atoms with van der Waals surface area (Å²) < 4.78 is 35.0. The molecule has 0 spiro atoms. The average molecular weight is 1520 g/mol. The van der Waals surface area contributed by atoms with Gasteiger partial charge in [-0.3, -0.25) is 48.4 Å². The van der Waals surface area contributed by atoms with E-state index in [4.69, 9.17) is 63.4 Å². The van der Waals surface area contributed by atoms with E-state index in [9.17, 15) is 38.4 Å². The number of esters is 2. The van der Waals surface area contributed by atoms with Gasteiger partial charge in [-0.1, -0.05) is 116 Å². The second kappa shape index (κ2) is 38.8. The van der Waals surface area contributed by atoms with Crippen LogP contribution in [0.15, 0.2) is 143 Å². The summed E-state index contributed by atoms with van der Waals surface area (Å²) in [6, 6.07) is 33.5. The van der Waals surface area contributed by atoms with Crippen LogP contribution < -0.4 is 72.0 Å². The normalized spacial score (nSPS) is 18.3. The molecule has 8 aromatic carbocycles. The maximum absolute atomic E-state index is 14.2. The number of hydrogen-bond acceptors (Lipinski definition) is 16. The molecule has 28 heteroatoms. The number of nitrogens with zero attached hydrogens (tertiary/aromatic N) is 2. The molecule has 0 aliphatic carbocycles. The highest BCUT2D eigenvalue weighted by Gasteiger charge is 2.35. The summed E-state index contributed by atoms with van der Waals surface area (Å²) in [6.07, 6.45) is 7.35. The number of hydrogen-bond donors (Lipinski definition) is 10. The molecule has 8 aromatic rings. The number of aliphatic imine (C=N–C) groups is 2. The van der Waals surface area contributed by atoms with Gasteiger partial charge >= 0.3 is 11.9 Å². The first kappa shape index (κ1) is 80.7. The number of fused-ring (bicyclic) bond motifs is 18. The van der Waals surface area contributed by atoms with Gasteiger partial charge in [0.25, 0.3) is 0 Å². The summed E-state index contributed by atoms with van der Waals surface area (Å²) in [5.41, 5.74) is 17.7. The van der Waals surface area contributed by atoms with Gasteiger partial charge in [0.05, 0.1) is 42.7 Å². The molecule has 2 aliphatic rings. The summed E-state index contributed by atoms with van der Waals surface area (Å²) in [5.74, 6) is -2.22. The largest absolute Gasteiger partial charge is 0.496 e. The van der Waals surface area contributed by atoms with Crippen molar-refractivity contribution in [1.82, 2.24) is 41.6 Å². The Kier molecular flexibility index (Phi) is 29.0. The summed E-state index contributed by atoms with van der Waals surface area (Å²) in [5, 5.41) is 24.2. The first-order valence-corrected chi connectivity index (χ1v) is 36.2. The lowest BCUT2D eigenvalue weighted by molar-refractivity contribution is -0.146. The molecule has 6 atom stereocenters. The van der Waals surface area contributed by atoms with Gasteiger partial charge < -0.3 is 71.8 Å². The zero-order valence-electron chi connectivity index (χ0n) is 61.6. The van der Waals surface area contributed by atoms with E-state index in [2.05, 4.69) is 69.8 Å². The van der Waals surface area contributed by atoms with Crippen LogP contribution in [0.1, 0.15) is 87.5 Å². The molecule has 108 heavy (non-hydrogen) atoms. The number of halogens is 2. The molecule has 570 valence electrons. The minimum absolute atomic E-state index is 0.00129. The fourth-order valence-electron chi connectivity index (χ4n) is 14.0. The summed E-state index contributed by atoms with van der Waals surface area (Å²) in [4.78, 5) is 120. The number of carbonyl (C=O) groups is 8. The topological polar surface area (TPSA) is 365 Å². The van der Waals surface area contributed by atoms with Crippen molar-refractivity contribution in [2.24, 2.45) is 21.5 Å². The van der Waals surface area contributed by atoms with Crippen molar-refractivity contribution in [2.75, 3.05) is 55.7 Å². The molecular weight excluding hydrogens is 1420 g/mol. The standard InChI is InChI=1S/C40H47ClN6O7.C40H45ClN6O7/c2*1-23(48)44-32-22-27-21-25-13-6-9-16-29(25)34(36(27)53-3)33-28-15-8-5-12-24(28)20-26(35(33)52-2)14-7-10-17-31(39(51)54-4)46-37(49)30(45-38(32)50)18-11-19-43-40(42)47-41/h5-6,8-9,12-13,15-16,20-21,30-32H,7,10-11,14,17-19,22H2,1-4H3,(H,44,48)(H,45,50)(H,46,49)(H3,42,43,47);5-10,12-13,15-16,20-21,30-32H,11,14,17-19,22H2,1-4H3,(H,44,48)(H,45,50)(H,46,49)(H3,42,43,47)/t2*30-,31+,32?/m11/s1. The maximum Gasteiger partial charge on any atom is 0.328 e. The average Bonchev–Trinajstić information content (AvgIpc) is 0.744. The molecular formula is C80H92Cl2N12O14. The predicted octanol–water partition coefficient (Wildman–Crippen LogP) is 8.64. The number of guanidine groups is 2. The third-order valence-corrected chi connectivity index (χ3v) is 19.2. The molecule has 6 amide bonds. The molecule has 0 saturated heterocycles. The van der Waals surface area contributed by atoms with Gasteiger partial charge in [-0.05, 0) is 147 Å². The Labute approximate surface area is 636 Å². The maximum atomic E-state index is 14.2. The van der Waals surface area contributed by atoms with E-state index in [1.807, 2.05) is 109 Å². The van der Waals surface area contributed by atoms with Crippen LogP contribution in [0.5, 0.6) is 23.0 Å². The first-order chi connectivity index (χ1) is 52.2. The summed E-state index contributed by atoms with van der Waals surface area (Å²) in [6.45, 7) is 3.04. The molecule has 8 bridgehead atoms. The third-order valence-electron chi connectivity index (χ3n) is 18.9. The van der Waals surface area contributed by atoms with E-state index in [1.165, 1.54) is 28.1 Å². The second-order valence-corrected chi connectivity index (χ2v) is 26.4. The number of aryl methyl sites for hydroxylation is 1. The van der Waals surface area contributed by atoms with Gasteiger partial charge in [-0.15, -0.1) is 0 Å². The highest BCUT2D eigenvalue weighted by atomic mass is 35.5. The van der Waals surface area contributed by atoms with Crippen molar-refractivity contribution in [3.63, 3.8) is 0 Å². The highest BCUT2D eigenvalue weighted by molar-refractivity contribution is 6.22. The summed E-state index contributed by atoms with van der Waals surface area (Å²) in [7, 11) is 8.93. The van der Waals surface area contributed by atoms with Crippen LogP contribution in [0.4, 0.5) is 0 Å². The fraction of sp³-hybridized carbons (Fsp3) is 0.350. The zero-order valence-corrected chi connectivity index (χ0v) is 63.1. The minimum Gasteiger partial charge on any atom is -0.496 e. The molecule has 10 rings (SSSR count). The van der Waals surface area contributed by atoms with E-state index >= 15 is 0 Å². The molecule has 2 unspecified atom stereocenters. The SMILES string of the molecule is COC(=O)[C@@H]1CC=CCc2cc3ccccc3c(c2OC)-c2c(OC)c(cc3ccccc23)CC(NC(C)=O)C(=O)N[C@H](CCCN=C(N)NCl)C(=O)N1.COC(=O)[C@@H]1CCCCc2cc3ccccc3c(c2OC)-c2c(OC)c(cc3ccccc23)CC(NC(C)=O)C(=O)N[C@H](CCCN=C(N)NCl)C(=O)N1. The van der Waals surface area contributed by atoms with E-state index < -0.39 is 83.6 Å². The van der Waals surface area contributed by atoms with Gasteiger partial charge in [0.2, 0.25) is 47.4 Å². The molecule has 0 fully saturated rings. The van der Waals surface area contributed by atoms with E-state index in [-0.39, 0.29) is 57.1 Å². The molecule has 0 saturated carbocycles. The van der Waals surface area contributed by atoms with Crippen LogP contribution >= 0.6 is 23.6 Å². The Morgan fingerprint density at radius 2 is 0.833 bits per heavy atom. The minimum atomic E-state index is -1.13. The number of benzene rings is 8. The van der Waals surface area contributed by atoms with Crippen molar-refractivity contribution in [1.29, 1.82) is 0 Å².